The number of hydrogen-bond donors (Lipinski definition) is 1. The maximum Gasteiger partial charge on any atom is 0.0983 e. The average Bonchev–Trinajstić information content (AvgIpc) is 3.56. The molecule has 4 aliphatic carbocycles. The molecule has 0 aromatic carbocycles. The molecule has 2 heterocycles. The number of hydrogen-bond acceptors (Lipinski definition) is 4. The van der Waals surface area contributed by atoms with Crippen LogP contribution in [-0.2, 0) is 10.3 Å². The van der Waals surface area contributed by atoms with Crippen LogP contribution in [-0.4, -0.2) is 42.4 Å². The lowest BCUT2D eigenvalue weighted by molar-refractivity contribution is -0.130. The summed E-state index contributed by atoms with van der Waals surface area (Å²) in [5.74, 6) is 2.05. The Morgan fingerprint density at radius 1 is 1.09 bits per heavy atom. The molecule has 1 aliphatic heterocycles. The van der Waals surface area contributed by atoms with Gasteiger partial charge < -0.3 is 19.2 Å². The molecule has 4 nitrogen and oxygen atoms in total. The van der Waals surface area contributed by atoms with Crippen molar-refractivity contribution in [2.45, 2.75) is 89.8 Å². The van der Waals surface area contributed by atoms with Crippen LogP contribution in [0.1, 0.15) is 83.6 Å². The average molecular weight is 454 g/mol. The van der Waals surface area contributed by atoms with Gasteiger partial charge in [-0.25, -0.2) is 0 Å². The van der Waals surface area contributed by atoms with Crippen LogP contribution in [0.25, 0.3) is 0 Å². The summed E-state index contributed by atoms with van der Waals surface area (Å²) in [5.41, 5.74) is 2.23. The lowest BCUT2D eigenvalue weighted by Gasteiger charge is -2.59. The molecule has 33 heavy (non-hydrogen) atoms. The van der Waals surface area contributed by atoms with E-state index in [-0.39, 0.29) is 5.41 Å². The lowest BCUT2D eigenvalue weighted by Crippen LogP contribution is -2.53. The fourth-order valence-corrected chi connectivity index (χ4v) is 9.11. The summed E-state index contributed by atoms with van der Waals surface area (Å²) < 4.78 is 11.8. The van der Waals surface area contributed by atoms with Crippen molar-refractivity contribution in [1.29, 1.82) is 0 Å². The van der Waals surface area contributed by atoms with E-state index >= 15 is 0 Å². The fourth-order valence-electron chi connectivity index (χ4n) is 9.11. The molecular formula is C29H43NO3. The molecule has 0 radical (unpaired) electrons. The largest absolute Gasteiger partial charge is 0.472 e. The van der Waals surface area contributed by atoms with Crippen LogP contribution in [0.4, 0.5) is 0 Å². The van der Waals surface area contributed by atoms with E-state index in [1.54, 1.807) is 18.1 Å². The van der Waals surface area contributed by atoms with Crippen LogP contribution in [0.15, 0.2) is 34.7 Å². The van der Waals surface area contributed by atoms with Crippen molar-refractivity contribution in [3.05, 3.63) is 35.8 Å². The Morgan fingerprint density at radius 3 is 2.70 bits per heavy atom. The summed E-state index contributed by atoms with van der Waals surface area (Å²) in [4.78, 5) is 2.56. The van der Waals surface area contributed by atoms with Crippen molar-refractivity contribution < 1.29 is 14.3 Å². The van der Waals surface area contributed by atoms with Gasteiger partial charge in [0.05, 0.1) is 30.8 Å². The predicted molar refractivity (Wildman–Crippen MR) is 130 cm³/mol. The normalized spacial score (nSPS) is 45.4. The standard InChI is InChI=1S/C29H43NO3/c1-27-11-7-23(33-18-16-30-14-3-4-15-30)19-21(27)5-6-24-25(27)8-12-28(2)26(24)9-13-29(28,31)22-10-17-32-20-22/h5,10,17,20,23-26,31H,3-4,6-9,11-16,18-19H2,1-2H3/t23-,24+,25-,26-,27-,28-,29-/m0/s1. The molecule has 0 spiro atoms. The van der Waals surface area contributed by atoms with E-state index in [0.717, 1.165) is 50.3 Å². The number of fused-ring (bicyclic) bond motifs is 5. The zero-order valence-corrected chi connectivity index (χ0v) is 20.7. The first-order valence-corrected chi connectivity index (χ1v) is 13.7. The fraction of sp³-hybridized carbons (Fsp3) is 0.793. The highest BCUT2D eigenvalue weighted by Crippen LogP contribution is 2.69. The van der Waals surface area contributed by atoms with Crippen molar-refractivity contribution in [1.82, 2.24) is 4.90 Å². The minimum Gasteiger partial charge on any atom is -0.472 e. The first-order valence-electron chi connectivity index (χ1n) is 13.7. The van der Waals surface area contributed by atoms with E-state index in [1.807, 2.05) is 6.07 Å². The highest BCUT2D eigenvalue weighted by atomic mass is 16.5. The van der Waals surface area contributed by atoms with Gasteiger partial charge in [-0.2, -0.15) is 0 Å². The molecule has 0 amide bonds. The van der Waals surface area contributed by atoms with E-state index in [2.05, 4.69) is 24.8 Å². The maximum atomic E-state index is 11.9. The van der Waals surface area contributed by atoms with Crippen LogP contribution >= 0.6 is 0 Å². The topological polar surface area (TPSA) is 45.8 Å². The van der Waals surface area contributed by atoms with Crippen molar-refractivity contribution >= 4 is 0 Å². The number of rotatable bonds is 5. The van der Waals surface area contributed by atoms with Gasteiger partial charge in [-0.15, -0.1) is 0 Å². The van der Waals surface area contributed by atoms with Crippen LogP contribution in [0.3, 0.4) is 0 Å². The van der Waals surface area contributed by atoms with Gasteiger partial charge in [0, 0.05) is 17.5 Å². The monoisotopic (exact) mass is 453 g/mol. The summed E-state index contributed by atoms with van der Waals surface area (Å²) >= 11 is 0. The summed E-state index contributed by atoms with van der Waals surface area (Å²) in [5, 5.41) is 11.9. The van der Waals surface area contributed by atoms with Crippen LogP contribution in [0, 0.1) is 28.6 Å². The Kier molecular flexibility index (Phi) is 5.59. The number of aliphatic hydroxyl groups is 1. The molecule has 1 aromatic heterocycles. The molecule has 182 valence electrons. The molecule has 1 saturated heterocycles. The van der Waals surface area contributed by atoms with Crippen LogP contribution < -0.4 is 0 Å². The molecule has 1 N–H and O–H groups in total. The maximum absolute atomic E-state index is 11.9. The second-order valence-corrected chi connectivity index (χ2v) is 12.4. The first kappa shape index (κ1) is 22.4. The Balaban J connectivity index is 1.16. The SMILES string of the molecule is C[C@]12CC[C@H](OCCN3CCCC3)CC1=CC[C@@H]1[C@@H]2CC[C@@]2(C)[C@H]1CC[C@]2(O)c1ccoc1. The Labute approximate surface area is 199 Å². The highest BCUT2D eigenvalue weighted by molar-refractivity contribution is 5.29. The van der Waals surface area contributed by atoms with E-state index in [4.69, 9.17) is 9.15 Å². The molecule has 0 unspecified atom stereocenters. The van der Waals surface area contributed by atoms with E-state index in [0.29, 0.717) is 23.4 Å². The van der Waals surface area contributed by atoms with Gasteiger partial charge in [-0.3, -0.25) is 0 Å². The zero-order valence-electron chi connectivity index (χ0n) is 20.7. The molecule has 4 heteroatoms. The number of nitrogens with zero attached hydrogens (tertiary/aromatic N) is 1. The van der Waals surface area contributed by atoms with Crippen molar-refractivity contribution in [2.24, 2.45) is 28.6 Å². The highest BCUT2D eigenvalue weighted by Gasteiger charge is 2.64. The molecule has 3 saturated carbocycles. The van der Waals surface area contributed by atoms with Gasteiger partial charge in [0.1, 0.15) is 0 Å². The Bertz CT molecular complexity index is 873. The number of ether oxygens (including phenoxy) is 1. The van der Waals surface area contributed by atoms with E-state index in [9.17, 15) is 5.11 Å². The number of furan rings is 1. The van der Waals surface area contributed by atoms with Gasteiger partial charge in [-0.1, -0.05) is 25.5 Å². The lowest BCUT2D eigenvalue weighted by atomic mass is 9.46. The second-order valence-electron chi connectivity index (χ2n) is 12.4. The van der Waals surface area contributed by atoms with E-state index < -0.39 is 5.60 Å². The molecule has 5 aliphatic rings. The third-order valence-corrected chi connectivity index (χ3v) is 11.2. The molecule has 7 atom stereocenters. The molecular weight excluding hydrogens is 410 g/mol. The van der Waals surface area contributed by atoms with Crippen molar-refractivity contribution in [2.75, 3.05) is 26.2 Å². The Morgan fingerprint density at radius 2 is 1.91 bits per heavy atom. The molecule has 6 rings (SSSR count). The van der Waals surface area contributed by atoms with Crippen molar-refractivity contribution in [3.8, 4) is 0 Å². The minimum atomic E-state index is -0.735. The van der Waals surface area contributed by atoms with Crippen LogP contribution in [0.5, 0.6) is 0 Å². The molecule has 4 fully saturated rings. The molecule has 0 bridgehead atoms. The van der Waals surface area contributed by atoms with Gasteiger partial charge in [0.25, 0.3) is 0 Å². The number of likely N-dealkylation sites (tertiary alicyclic amines) is 1. The summed E-state index contributed by atoms with van der Waals surface area (Å²) in [7, 11) is 0. The van der Waals surface area contributed by atoms with Gasteiger partial charge in [0.15, 0.2) is 0 Å². The first-order chi connectivity index (χ1) is 15.9. The smallest absolute Gasteiger partial charge is 0.0983 e. The van der Waals surface area contributed by atoms with E-state index in [1.165, 1.54) is 51.6 Å². The summed E-state index contributed by atoms with van der Waals surface area (Å²) in [6.07, 6.45) is 18.4. The van der Waals surface area contributed by atoms with Crippen molar-refractivity contribution in [3.63, 3.8) is 0 Å². The molecule has 1 aromatic rings. The quantitative estimate of drug-likeness (QED) is 0.563. The third kappa shape index (κ3) is 3.42. The van der Waals surface area contributed by atoms with Gasteiger partial charge >= 0.3 is 0 Å². The number of allylic oxidation sites excluding steroid dienone is 1. The zero-order chi connectivity index (χ0) is 22.7. The second kappa shape index (κ2) is 8.24. The van der Waals surface area contributed by atoms with Crippen LogP contribution in [0.2, 0.25) is 0 Å². The van der Waals surface area contributed by atoms with Gasteiger partial charge in [0.2, 0.25) is 0 Å². The summed E-state index contributed by atoms with van der Waals surface area (Å²) in [6.45, 7) is 9.47. The van der Waals surface area contributed by atoms with Gasteiger partial charge in [-0.05, 0) is 107 Å². The summed E-state index contributed by atoms with van der Waals surface area (Å²) in [6, 6.07) is 1.99. The minimum absolute atomic E-state index is 0.0460. The Hall–Kier alpha value is -1.10. The third-order valence-electron chi connectivity index (χ3n) is 11.2. The predicted octanol–water partition coefficient (Wildman–Crippen LogP) is 5.91.